The third kappa shape index (κ3) is 1.88. The molecule has 1 amide bonds. The number of nitrogens with one attached hydrogen (secondary N) is 1. The van der Waals surface area contributed by atoms with Crippen molar-refractivity contribution >= 4 is 5.91 Å². The third-order valence-electron chi connectivity index (χ3n) is 3.84. The van der Waals surface area contributed by atoms with Crippen molar-refractivity contribution < 1.29 is 13.6 Å². The van der Waals surface area contributed by atoms with Gasteiger partial charge >= 0.3 is 0 Å². The van der Waals surface area contributed by atoms with Crippen LogP contribution in [0.4, 0.5) is 8.78 Å². The number of halogens is 2. The molecule has 1 N–H and O–H groups in total. The minimum absolute atomic E-state index is 0.0377. The van der Waals surface area contributed by atoms with Gasteiger partial charge in [-0.25, -0.2) is 8.78 Å². The Kier molecular flexibility index (Phi) is 2.78. The predicted molar refractivity (Wildman–Crippen MR) is 62.1 cm³/mol. The number of carbonyl (C=O) groups is 1. The molecule has 0 saturated carbocycles. The molecule has 2 aliphatic heterocycles. The fourth-order valence-electron chi connectivity index (χ4n) is 2.85. The molecular formula is C13H14F2N2O. The second kappa shape index (κ2) is 4.31. The minimum atomic E-state index is -0.782. The molecule has 0 unspecified atom stereocenters. The molecule has 18 heavy (non-hydrogen) atoms. The lowest BCUT2D eigenvalue weighted by Crippen LogP contribution is -2.32. The summed E-state index contributed by atoms with van der Waals surface area (Å²) in [7, 11) is 0. The quantitative estimate of drug-likeness (QED) is 0.816. The van der Waals surface area contributed by atoms with Crippen molar-refractivity contribution in [3.63, 3.8) is 0 Å². The molecule has 0 aromatic heterocycles. The van der Waals surface area contributed by atoms with Gasteiger partial charge in [-0.05, 0) is 24.0 Å². The zero-order valence-corrected chi connectivity index (χ0v) is 9.83. The first-order valence-corrected chi connectivity index (χ1v) is 6.10. The average molecular weight is 252 g/mol. The number of benzene rings is 1. The van der Waals surface area contributed by atoms with Gasteiger partial charge in [0.15, 0.2) is 0 Å². The lowest BCUT2D eigenvalue weighted by atomic mass is 10.0. The van der Waals surface area contributed by atoms with E-state index in [9.17, 15) is 13.6 Å². The van der Waals surface area contributed by atoms with E-state index < -0.39 is 11.6 Å². The molecule has 2 fully saturated rings. The Morgan fingerprint density at radius 3 is 2.50 bits per heavy atom. The Morgan fingerprint density at radius 1 is 1.22 bits per heavy atom. The van der Waals surface area contributed by atoms with E-state index in [1.165, 1.54) is 6.07 Å². The van der Waals surface area contributed by atoms with Gasteiger partial charge in [-0.2, -0.15) is 0 Å². The zero-order chi connectivity index (χ0) is 12.7. The number of hydrogen-bond donors (Lipinski definition) is 1. The van der Waals surface area contributed by atoms with Gasteiger partial charge in [-0.15, -0.1) is 0 Å². The monoisotopic (exact) mass is 252 g/mol. The van der Waals surface area contributed by atoms with E-state index in [0.29, 0.717) is 24.9 Å². The molecule has 2 aliphatic rings. The summed E-state index contributed by atoms with van der Waals surface area (Å²) in [6.45, 7) is 3.15. The van der Waals surface area contributed by atoms with E-state index >= 15 is 0 Å². The molecule has 1 aromatic carbocycles. The van der Waals surface area contributed by atoms with Gasteiger partial charge < -0.3 is 10.2 Å². The maximum Gasteiger partial charge on any atom is 0.256 e. The molecule has 0 spiro atoms. The molecule has 2 atom stereocenters. The highest BCUT2D eigenvalue weighted by atomic mass is 19.1. The van der Waals surface area contributed by atoms with E-state index in [1.807, 2.05) is 0 Å². The van der Waals surface area contributed by atoms with Crippen LogP contribution in [-0.4, -0.2) is 37.0 Å². The number of hydrogen-bond acceptors (Lipinski definition) is 2. The molecule has 0 radical (unpaired) electrons. The van der Waals surface area contributed by atoms with Crippen molar-refractivity contribution in [3.05, 3.63) is 35.4 Å². The van der Waals surface area contributed by atoms with Crippen LogP contribution in [0.2, 0.25) is 0 Å². The number of fused-ring (bicyclic) bond motifs is 1. The molecule has 2 heterocycles. The molecule has 0 bridgehead atoms. The first-order chi connectivity index (χ1) is 8.65. The standard InChI is InChI=1S/C13H14F2N2O/c14-10-1-2-11(12(15)3-10)13(18)17-6-8-4-16-5-9(8)7-17/h1-3,8-9,16H,4-7H2/t8-,9+. The van der Waals surface area contributed by atoms with Gasteiger partial charge in [-0.1, -0.05) is 0 Å². The summed E-state index contributed by atoms with van der Waals surface area (Å²) >= 11 is 0. The van der Waals surface area contributed by atoms with Gasteiger partial charge in [-0.3, -0.25) is 4.79 Å². The van der Waals surface area contributed by atoms with E-state index in [2.05, 4.69) is 5.32 Å². The van der Waals surface area contributed by atoms with Crippen molar-refractivity contribution in [2.45, 2.75) is 0 Å². The van der Waals surface area contributed by atoms with Gasteiger partial charge in [0.1, 0.15) is 11.6 Å². The minimum Gasteiger partial charge on any atom is -0.338 e. The van der Waals surface area contributed by atoms with E-state index in [-0.39, 0.29) is 11.5 Å². The van der Waals surface area contributed by atoms with Crippen molar-refractivity contribution in [2.24, 2.45) is 11.8 Å². The van der Waals surface area contributed by atoms with E-state index in [0.717, 1.165) is 25.2 Å². The van der Waals surface area contributed by atoms with Gasteiger partial charge in [0.25, 0.3) is 5.91 Å². The molecule has 5 heteroatoms. The lowest BCUT2D eigenvalue weighted by molar-refractivity contribution is 0.0777. The van der Waals surface area contributed by atoms with Crippen molar-refractivity contribution in [2.75, 3.05) is 26.2 Å². The number of carbonyl (C=O) groups excluding carboxylic acids is 1. The highest BCUT2D eigenvalue weighted by Crippen LogP contribution is 2.27. The van der Waals surface area contributed by atoms with Crippen molar-refractivity contribution in [3.8, 4) is 0 Å². The predicted octanol–water partition coefficient (Wildman–Crippen LogP) is 1.26. The lowest BCUT2D eigenvalue weighted by Gasteiger charge is -2.17. The first kappa shape index (κ1) is 11.6. The summed E-state index contributed by atoms with van der Waals surface area (Å²) in [6.07, 6.45) is 0. The van der Waals surface area contributed by atoms with Crippen LogP contribution in [-0.2, 0) is 0 Å². The summed E-state index contributed by atoms with van der Waals surface area (Å²) in [5.74, 6) is -0.835. The highest BCUT2D eigenvalue weighted by Gasteiger charge is 2.38. The topological polar surface area (TPSA) is 32.3 Å². The van der Waals surface area contributed by atoms with Crippen LogP contribution in [0.5, 0.6) is 0 Å². The molecule has 3 nitrogen and oxygen atoms in total. The fourth-order valence-corrected chi connectivity index (χ4v) is 2.85. The molecule has 2 saturated heterocycles. The first-order valence-electron chi connectivity index (χ1n) is 6.10. The van der Waals surface area contributed by atoms with Gasteiger partial charge in [0, 0.05) is 32.2 Å². The Morgan fingerprint density at radius 2 is 1.89 bits per heavy atom. The van der Waals surface area contributed by atoms with Crippen molar-refractivity contribution in [1.29, 1.82) is 0 Å². The van der Waals surface area contributed by atoms with Crippen LogP contribution in [0.15, 0.2) is 18.2 Å². The zero-order valence-electron chi connectivity index (χ0n) is 9.83. The molecule has 96 valence electrons. The largest absolute Gasteiger partial charge is 0.338 e. The van der Waals surface area contributed by atoms with E-state index in [1.54, 1.807) is 4.90 Å². The smallest absolute Gasteiger partial charge is 0.256 e. The Bertz CT molecular complexity index is 480. The molecular weight excluding hydrogens is 238 g/mol. The summed E-state index contributed by atoms with van der Waals surface area (Å²) < 4.78 is 26.3. The maximum absolute atomic E-state index is 13.5. The normalized spacial score (nSPS) is 26.4. The number of amides is 1. The second-order valence-electron chi connectivity index (χ2n) is 5.01. The van der Waals surface area contributed by atoms with Gasteiger partial charge in [0.2, 0.25) is 0 Å². The van der Waals surface area contributed by atoms with Crippen molar-refractivity contribution in [1.82, 2.24) is 10.2 Å². The summed E-state index contributed by atoms with van der Waals surface area (Å²) in [5, 5.41) is 3.28. The van der Waals surface area contributed by atoms with Gasteiger partial charge in [0.05, 0.1) is 5.56 Å². The fraction of sp³-hybridized carbons (Fsp3) is 0.462. The second-order valence-corrected chi connectivity index (χ2v) is 5.01. The van der Waals surface area contributed by atoms with E-state index in [4.69, 9.17) is 0 Å². The number of nitrogens with zero attached hydrogens (tertiary/aromatic N) is 1. The Balaban J connectivity index is 1.79. The Labute approximate surface area is 104 Å². The molecule has 0 aliphatic carbocycles. The van der Waals surface area contributed by atoms with Crippen LogP contribution >= 0.6 is 0 Å². The van der Waals surface area contributed by atoms with Crippen LogP contribution in [0.1, 0.15) is 10.4 Å². The average Bonchev–Trinajstić information content (AvgIpc) is 2.87. The SMILES string of the molecule is O=C(c1ccc(F)cc1F)N1C[C@H]2CNC[C@H]2C1. The number of likely N-dealkylation sites (tertiary alicyclic amines) is 1. The summed E-state index contributed by atoms with van der Waals surface area (Å²) in [5.41, 5.74) is -0.0377. The number of rotatable bonds is 1. The summed E-state index contributed by atoms with van der Waals surface area (Å²) in [4.78, 5) is 13.8. The van der Waals surface area contributed by atoms with Crippen LogP contribution in [0.25, 0.3) is 0 Å². The molecule has 1 aromatic rings. The third-order valence-corrected chi connectivity index (χ3v) is 3.84. The van der Waals surface area contributed by atoms with Crippen LogP contribution in [0, 0.1) is 23.5 Å². The van der Waals surface area contributed by atoms with Crippen LogP contribution < -0.4 is 5.32 Å². The van der Waals surface area contributed by atoms with Crippen LogP contribution in [0.3, 0.4) is 0 Å². The highest BCUT2D eigenvalue weighted by molar-refractivity contribution is 5.94. The Hall–Kier alpha value is -1.49. The molecule has 3 rings (SSSR count). The summed E-state index contributed by atoms with van der Waals surface area (Å²) in [6, 6.07) is 3.10. The maximum atomic E-state index is 13.5.